The smallest absolute Gasteiger partial charge is 0.223 e. The van der Waals surface area contributed by atoms with Crippen molar-refractivity contribution in [3.05, 3.63) is 35.9 Å². The monoisotopic (exact) mass is 289 g/mol. The highest BCUT2D eigenvalue weighted by Crippen LogP contribution is 2.27. The van der Waals surface area contributed by atoms with Gasteiger partial charge in [-0.25, -0.2) is 0 Å². The number of carbonyl (C=O) groups excluding carboxylic acids is 1. The average molecular weight is 289 g/mol. The number of hydrogen-bond donors (Lipinski definition) is 0. The van der Waals surface area contributed by atoms with Gasteiger partial charge < -0.3 is 13.7 Å². The number of furan rings is 1. The van der Waals surface area contributed by atoms with E-state index in [1.807, 2.05) is 17.0 Å². The number of rotatable bonds is 4. The van der Waals surface area contributed by atoms with Crippen LogP contribution in [0.15, 0.2) is 27.2 Å². The number of carbonyl (C=O) groups is 1. The first kappa shape index (κ1) is 13.9. The molecule has 2 aromatic rings. The Hall–Kier alpha value is -2.11. The zero-order valence-corrected chi connectivity index (χ0v) is 12.1. The van der Waals surface area contributed by atoms with E-state index in [-0.39, 0.29) is 11.8 Å². The fraction of sp³-hybridized carbons (Fsp3) is 0.533. The molecule has 3 rings (SSSR count). The third kappa shape index (κ3) is 3.32. The first-order valence-corrected chi connectivity index (χ1v) is 7.32. The van der Waals surface area contributed by atoms with Crippen LogP contribution in [-0.2, 0) is 11.2 Å². The van der Waals surface area contributed by atoms with Gasteiger partial charge >= 0.3 is 0 Å². The lowest BCUT2D eigenvalue weighted by Crippen LogP contribution is -2.38. The van der Waals surface area contributed by atoms with Crippen LogP contribution in [0.4, 0.5) is 0 Å². The Morgan fingerprint density at radius 1 is 1.38 bits per heavy atom. The molecule has 0 N–H and O–H groups in total. The van der Waals surface area contributed by atoms with Crippen molar-refractivity contribution < 1.29 is 13.6 Å². The molecule has 1 aliphatic rings. The van der Waals surface area contributed by atoms with Gasteiger partial charge in [-0.15, -0.1) is 10.2 Å². The van der Waals surface area contributed by atoms with Crippen LogP contribution in [0, 0.1) is 6.92 Å². The highest BCUT2D eigenvalue weighted by Gasteiger charge is 2.26. The first-order chi connectivity index (χ1) is 10.2. The van der Waals surface area contributed by atoms with E-state index in [9.17, 15) is 4.79 Å². The number of amides is 1. The summed E-state index contributed by atoms with van der Waals surface area (Å²) in [5, 5.41) is 7.94. The minimum atomic E-state index is 0.187. The van der Waals surface area contributed by atoms with Gasteiger partial charge in [0, 0.05) is 38.8 Å². The molecule has 3 heterocycles. The van der Waals surface area contributed by atoms with E-state index < -0.39 is 0 Å². The van der Waals surface area contributed by atoms with Crippen molar-refractivity contribution in [3.63, 3.8) is 0 Å². The van der Waals surface area contributed by atoms with Crippen molar-refractivity contribution in [3.8, 4) is 0 Å². The summed E-state index contributed by atoms with van der Waals surface area (Å²) in [6.07, 6.45) is 4.56. The highest BCUT2D eigenvalue weighted by molar-refractivity contribution is 5.76. The average Bonchev–Trinajstić information content (AvgIpc) is 3.16. The van der Waals surface area contributed by atoms with Crippen LogP contribution in [0.3, 0.4) is 0 Å². The van der Waals surface area contributed by atoms with Gasteiger partial charge in [-0.05, 0) is 25.0 Å². The van der Waals surface area contributed by atoms with Crippen molar-refractivity contribution in [2.75, 3.05) is 13.1 Å². The van der Waals surface area contributed by atoms with Crippen molar-refractivity contribution >= 4 is 5.91 Å². The van der Waals surface area contributed by atoms with Crippen LogP contribution in [0.5, 0.6) is 0 Å². The molecular formula is C15H19N3O3. The van der Waals surface area contributed by atoms with Crippen molar-refractivity contribution in [2.24, 2.45) is 0 Å². The summed E-state index contributed by atoms with van der Waals surface area (Å²) in [5.41, 5.74) is 0. The van der Waals surface area contributed by atoms with E-state index >= 15 is 0 Å². The third-order valence-electron chi connectivity index (χ3n) is 3.90. The van der Waals surface area contributed by atoms with E-state index in [4.69, 9.17) is 8.83 Å². The Morgan fingerprint density at radius 2 is 2.19 bits per heavy atom. The normalized spacial score (nSPS) is 16.3. The van der Waals surface area contributed by atoms with E-state index in [2.05, 4.69) is 10.2 Å². The minimum absolute atomic E-state index is 0.187. The van der Waals surface area contributed by atoms with Crippen molar-refractivity contribution in [2.45, 2.75) is 38.5 Å². The van der Waals surface area contributed by atoms with Crippen LogP contribution in [-0.4, -0.2) is 34.1 Å². The first-order valence-electron chi connectivity index (χ1n) is 7.32. The van der Waals surface area contributed by atoms with E-state index in [0.717, 1.165) is 31.7 Å². The predicted octanol–water partition coefficient (Wildman–Crippen LogP) is 2.31. The summed E-state index contributed by atoms with van der Waals surface area (Å²) in [6.45, 7) is 3.30. The molecule has 0 atom stereocenters. The summed E-state index contributed by atoms with van der Waals surface area (Å²) >= 11 is 0. The molecule has 2 aromatic heterocycles. The predicted molar refractivity (Wildman–Crippen MR) is 74.6 cm³/mol. The fourth-order valence-corrected chi connectivity index (χ4v) is 2.70. The quantitative estimate of drug-likeness (QED) is 0.863. The van der Waals surface area contributed by atoms with Crippen molar-refractivity contribution in [1.29, 1.82) is 0 Å². The van der Waals surface area contributed by atoms with E-state index in [1.54, 1.807) is 13.2 Å². The van der Waals surface area contributed by atoms with Gasteiger partial charge in [0.1, 0.15) is 5.76 Å². The second-order valence-corrected chi connectivity index (χ2v) is 5.39. The summed E-state index contributed by atoms with van der Waals surface area (Å²) < 4.78 is 10.7. The standard InChI is InChI=1S/C15H19N3O3/c1-11-16-17-15(21-11)12-6-8-18(9-7-12)14(19)5-4-13-3-2-10-20-13/h2-3,10,12H,4-9H2,1H3. The van der Waals surface area contributed by atoms with Crippen LogP contribution in [0.2, 0.25) is 0 Å². The molecule has 1 fully saturated rings. The SMILES string of the molecule is Cc1nnc(C2CCN(C(=O)CCc3ccco3)CC2)o1. The van der Waals surface area contributed by atoms with Gasteiger partial charge in [0.2, 0.25) is 17.7 Å². The topological polar surface area (TPSA) is 72.4 Å². The van der Waals surface area contributed by atoms with Gasteiger partial charge in [0.25, 0.3) is 0 Å². The van der Waals surface area contributed by atoms with Crippen LogP contribution < -0.4 is 0 Å². The van der Waals surface area contributed by atoms with Crippen LogP contribution in [0.1, 0.15) is 42.7 Å². The Morgan fingerprint density at radius 3 is 2.81 bits per heavy atom. The lowest BCUT2D eigenvalue weighted by atomic mass is 9.96. The Balaban J connectivity index is 1.47. The Labute approximate surface area is 123 Å². The Bertz CT molecular complexity index is 583. The molecule has 1 saturated heterocycles. The molecule has 0 saturated carbocycles. The number of piperidine rings is 1. The van der Waals surface area contributed by atoms with E-state index in [1.165, 1.54) is 0 Å². The zero-order chi connectivity index (χ0) is 14.7. The Kier molecular flexibility index (Phi) is 4.03. The molecule has 112 valence electrons. The maximum atomic E-state index is 12.2. The van der Waals surface area contributed by atoms with Gasteiger partial charge in [-0.1, -0.05) is 0 Å². The molecule has 1 amide bonds. The lowest BCUT2D eigenvalue weighted by Gasteiger charge is -2.30. The molecule has 0 radical (unpaired) electrons. The molecule has 0 bridgehead atoms. The summed E-state index contributed by atoms with van der Waals surface area (Å²) in [7, 11) is 0. The minimum Gasteiger partial charge on any atom is -0.469 e. The number of likely N-dealkylation sites (tertiary alicyclic amines) is 1. The molecule has 0 aliphatic carbocycles. The number of hydrogen-bond acceptors (Lipinski definition) is 5. The summed E-state index contributed by atoms with van der Waals surface area (Å²) in [6, 6.07) is 3.75. The number of aryl methyl sites for hydroxylation is 2. The maximum absolute atomic E-state index is 12.2. The zero-order valence-electron chi connectivity index (χ0n) is 12.1. The van der Waals surface area contributed by atoms with Gasteiger partial charge in [-0.2, -0.15) is 0 Å². The largest absolute Gasteiger partial charge is 0.469 e. The second-order valence-electron chi connectivity index (χ2n) is 5.39. The van der Waals surface area contributed by atoms with Crippen molar-refractivity contribution in [1.82, 2.24) is 15.1 Å². The van der Waals surface area contributed by atoms with Crippen LogP contribution >= 0.6 is 0 Å². The van der Waals surface area contributed by atoms with Crippen LogP contribution in [0.25, 0.3) is 0 Å². The second kappa shape index (κ2) is 6.11. The molecule has 0 unspecified atom stereocenters. The van der Waals surface area contributed by atoms with Gasteiger partial charge in [0.05, 0.1) is 6.26 Å². The molecule has 1 aliphatic heterocycles. The lowest BCUT2D eigenvalue weighted by molar-refractivity contribution is -0.132. The molecule has 21 heavy (non-hydrogen) atoms. The maximum Gasteiger partial charge on any atom is 0.223 e. The van der Waals surface area contributed by atoms with E-state index in [0.29, 0.717) is 24.6 Å². The number of nitrogens with zero attached hydrogens (tertiary/aromatic N) is 3. The summed E-state index contributed by atoms with van der Waals surface area (Å²) in [5.74, 6) is 2.63. The molecule has 6 heteroatoms. The van der Waals surface area contributed by atoms with Gasteiger partial charge in [-0.3, -0.25) is 4.79 Å². The fourth-order valence-electron chi connectivity index (χ4n) is 2.70. The molecule has 0 aromatic carbocycles. The highest BCUT2D eigenvalue weighted by atomic mass is 16.4. The summed E-state index contributed by atoms with van der Waals surface area (Å²) in [4.78, 5) is 14.1. The van der Waals surface area contributed by atoms with Gasteiger partial charge in [0.15, 0.2) is 0 Å². The molecular weight excluding hydrogens is 270 g/mol. The third-order valence-corrected chi connectivity index (χ3v) is 3.90. The number of aromatic nitrogens is 2. The molecule has 0 spiro atoms. The molecule has 6 nitrogen and oxygen atoms in total.